The van der Waals surface area contributed by atoms with Crippen molar-refractivity contribution in [2.45, 2.75) is 13.2 Å². The van der Waals surface area contributed by atoms with Gasteiger partial charge in [-0.15, -0.1) is 0 Å². The van der Waals surface area contributed by atoms with Crippen LogP contribution < -0.4 is 0 Å². The van der Waals surface area contributed by atoms with Crippen LogP contribution in [0.15, 0.2) is 66.7 Å². The predicted octanol–water partition coefficient (Wildman–Crippen LogP) is 3.39. The second-order valence-electron chi connectivity index (χ2n) is 5.55. The van der Waals surface area contributed by atoms with Gasteiger partial charge in [-0.3, -0.25) is 4.79 Å². The summed E-state index contributed by atoms with van der Waals surface area (Å²) in [6, 6.07) is 19.3. The lowest BCUT2D eigenvalue weighted by Gasteiger charge is -2.20. The van der Waals surface area contributed by atoms with Gasteiger partial charge in [0, 0.05) is 17.2 Å². The number of carbonyl (C=O) groups excluding carboxylic acids is 1. The van der Waals surface area contributed by atoms with Crippen molar-refractivity contribution < 1.29 is 9.53 Å². The number of ketones is 1. The minimum absolute atomic E-state index is 0.215. The highest BCUT2D eigenvalue weighted by Crippen LogP contribution is 2.31. The molecule has 1 aliphatic heterocycles. The maximum Gasteiger partial charge on any atom is 0.226 e. The first kappa shape index (κ1) is 14.4. The molecule has 5 nitrogen and oxygen atoms in total. The van der Waals surface area contributed by atoms with Crippen LogP contribution in [-0.2, 0) is 4.74 Å². The van der Waals surface area contributed by atoms with Crippen molar-refractivity contribution in [3.05, 3.63) is 89.5 Å². The normalized spacial score (nSPS) is 16.8. The van der Waals surface area contributed by atoms with Crippen LogP contribution in [-0.4, -0.2) is 20.5 Å². The summed E-state index contributed by atoms with van der Waals surface area (Å²) in [5.41, 5.74) is 1.74. The molecule has 2 heterocycles. The third kappa shape index (κ3) is 2.50. The summed E-state index contributed by atoms with van der Waals surface area (Å²) in [7, 11) is 0. The van der Waals surface area contributed by atoms with Gasteiger partial charge in [-0.2, -0.15) is 9.78 Å². The molecule has 1 aliphatic rings. The van der Waals surface area contributed by atoms with E-state index in [0.29, 0.717) is 11.6 Å². The second kappa shape index (κ2) is 5.77. The van der Waals surface area contributed by atoms with Crippen LogP contribution >= 0.6 is 0 Å². The zero-order valence-corrected chi connectivity index (χ0v) is 13.1. The smallest absolute Gasteiger partial charge is 0.226 e. The summed E-state index contributed by atoms with van der Waals surface area (Å²) in [4.78, 5) is 16.9. The predicted molar refractivity (Wildman–Crippen MR) is 89.2 cm³/mol. The van der Waals surface area contributed by atoms with Crippen molar-refractivity contribution in [3.63, 3.8) is 0 Å². The molecule has 1 aromatic heterocycles. The first-order valence-corrected chi connectivity index (χ1v) is 7.68. The lowest BCUT2D eigenvalue weighted by Crippen LogP contribution is -2.17. The molecule has 3 aromatic rings. The molecule has 0 saturated carbocycles. The van der Waals surface area contributed by atoms with Crippen molar-refractivity contribution >= 4 is 11.5 Å². The lowest BCUT2D eigenvalue weighted by molar-refractivity contribution is 0.101. The number of nitrogens with zero attached hydrogens (tertiary/aromatic N) is 3. The van der Waals surface area contributed by atoms with E-state index >= 15 is 0 Å². The summed E-state index contributed by atoms with van der Waals surface area (Å²) < 4.78 is 7.75. The summed E-state index contributed by atoms with van der Waals surface area (Å²) in [5.74, 6) is 1.12. The molecule has 0 radical (unpaired) electrons. The van der Waals surface area contributed by atoms with Gasteiger partial charge in [0.05, 0.1) is 0 Å². The van der Waals surface area contributed by atoms with E-state index in [2.05, 4.69) is 10.1 Å². The average Bonchev–Trinajstić information content (AvgIpc) is 2.95. The van der Waals surface area contributed by atoms with Crippen LogP contribution in [0.1, 0.15) is 33.8 Å². The molecule has 0 N–H and O–H groups in total. The Labute approximate surface area is 139 Å². The Balaban J connectivity index is 1.87. The number of benzene rings is 2. The zero-order chi connectivity index (χ0) is 16.5. The summed E-state index contributed by atoms with van der Waals surface area (Å²) >= 11 is 0. The molecule has 118 valence electrons. The number of hydrogen-bond donors (Lipinski definition) is 0. The maximum atomic E-state index is 12.6. The fourth-order valence-corrected chi connectivity index (χ4v) is 2.73. The second-order valence-corrected chi connectivity index (χ2v) is 5.55. The van der Waals surface area contributed by atoms with E-state index < -0.39 is 6.23 Å². The number of carbonyl (C=O) groups is 1. The number of ether oxygens (including phenoxy) is 1. The third-order valence-electron chi connectivity index (χ3n) is 3.82. The summed E-state index contributed by atoms with van der Waals surface area (Å²) in [5, 5.41) is 4.37. The van der Waals surface area contributed by atoms with Gasteiger partial charge in [0.1, 0.15) is 11.6 Å². The zero-order valence-electron chi connectivity index (χ0n) is 13.1. The molecule has 0 aliphatic carbocycles. The molecular weight excluding hydrogens is 302 g/mol. The molecular formula is C19H15N3O2. The van der Waals surface area contributed by atoms with Crippen LogP contribution in [0.25, 0.3) is 5.76 Å². The lowest BCUT2D eigenvalue weighted by atomic mass is 10.1. The van der Waals surface area contributed by atoms with Crippen LogP contribution in [0.3, 0.4) is 0 Å². The average molecular weight is 317 g/mol. The number of aryl methyl sites for hydroxylation is 1. The maximum absolute atomic E-state index is 12.6. The molecule has 0 bridgehead atoms. The Morgan fingerprint density at radius 2 is 1.67 bits per heavy atom. The number of hydrogen-bond acceptors (Lipinski definition) is 4. The number of allylic oxidation sites excluding steroid dienone is 1. The van der Waals surface area contributed by atoms with Gasteiger partial charge in [-0.1, -0.05) is 60.7 Å². The fraction of sp³-hybridized carbons (Fsp3) is 0.105. The topological polar surface area (TPSA) is 57.0 Å². The molecule has 0 amide bonds. The van der Waals surface area contributed by atoms with E-state index in [0.717, 1.165) is 11.1 Å². The van der Waals surface area contributed by atoms with Gasteiger partial charge >= 0.3 is 0 Å². The molecule has 0 saturated heterocycles. The van der Waals surface area contributed by atoms with E-state index in [1.807, 2.05) is 60.7 Å². The van der Waals surface area contributed by atoms with Crippen LogP contribution in [0.5, 0.6) is 0 Å². The van der Waals surface area contributed by atoms with Crippen molar-refractivity contribution in [3.8, 4) is 0 Å². The molecule has 4 rings (SSSR count). The molecule has 2 aromatic carbocycles. The van der Waals surface area contributed by atoms with Crippen molar-refractivity contribution in [2.75, 3.05) is 0 Å². The van der Waals surface area contributed by atoms with E-state index in [1.54, 1.807) is 11.6 Å². The highest BCUT2D eigenvalue weighted by molar-refractivity contribution is 6.06. The number of rotatable bonds is 2. The minimum atomic E-state index is -0.541. The minimum Gasteiger partial charge on any atom is -0.464 e. The van der Waals surface area contributed by atoms with E-state index in [9.17, 15) is 4.79 Å². The van der Waals surface area contributed by atoms with Crippen LogP contribution in [0.2, 0.25) is 0 Å². The molecule has 1 atom stereocenters. The fourth-order valence-electron chi connectivity index (χ4n) is 2.73. The van der Waals surface area contributed by atoms with Gasteiger partial charge in [0.2, 0.25) is 17.8 Å². The largest absolute Gasteiger partial charge is 0.464 e. The molecule has 5 heteroatoms. The Morgan fingerprint density at radius 3 is 2.38 bits per heavy atom. The number of fused-ring (bicyclic) bond motifs is 1. The third-order valence-corrected chi connectivity index (χ3v) is 3.82. The summed E-state index contributed by atoms with van der Waals surface area (Å²) in [6.45, 7) is 1.76. The Morgan fingerprint density at radius 1 is 1.00 bits per heavy atom. The molecule has 24 heavy (non-hydrogen) atoms. The molecule has 1 unspecified atom stereocenters. The van der Waals surface area contributed by atoms with Gasteiger partial charge in [-0.05, 0) is 6.92 Å². The van der Waals surface area contributed by atoms with Crippen molar-refractivity contribution in [2.24, 2.45) is 0 Å². The SMILES string of the molecule is Cc1nc2n(n1)C(c1ccccc1)OC(c1ccccc1)=CC2=O. The van der Waals surface area contributed by atoms with E-state index in [4.69, 9.17) is 4.74 Å². The first-order chi connectivity index (χ1) is 11.7. The monoisotopic (exact) mass is 317 g/mol. The van der Waals surface area contributed by atoms with Crippen LogP contribution in [0.4, 0.5) is 0 Å². The standard InChI is InChI=1S/C19H15N3O2/c1-13-20-18-16(23)12-17(14-8-4-2-5-9-14)24-19(22(18)21-13)15-10-6-3-7-11-15/h2-12,19H,1H3. The highest BCUT2D eigenvalue weighted by Gasteiger charge is 2.29. The Hall–Kier alpha value is -3.21. The van der Waals surface area contributed by atoms with E-state index in [1.165, 1.54) is 6.08 Å². The molecule has 0 spiro atoms. The van der Waals surface area contributed by atoms with Crippen molar-refractivity contribution in [1.29, 1.82) is 0 Å². The summed E-state index contributed by atoms with van der Waals surface area (Å²) in [6.07, 6.45) is 0.943. The van der Waals surface area contributed by atoms with Gasteiger partial charge in [-0.25, -0.2) is 4.98 Å². The quantitative estimate of drug-likeness (QED) is 0.727. The van der Waals surface area contributed by atoms with Gasteiger partial charge in [0.25, 0.3) is 0 Å². The van der Waals surface area contributed by atoms with E-state index in [-0.39, 0.29) is 11.6 Å². The first-order valence-electron chi connectivity index (χ1n) is 7.68. The number of aromatic nitrogens is 3. The molecule has 0 fully saturated rings. The van der Waals surface area contributed by atoms with Gasteiger partial charge in [0.15, 0.2) is 0 Å². The highest BCUT2D eigenvalue weighted by atomic mass is 16.5. The Kier molecular flexibility index (Phi) is 3.46. The Bertz CT molecular complexity index is 914. The van der Waals surface area contributed by atoms with Gasteiger partial charge < -0.3 is 4.74 Å². The van der Waals surface area contributed by atoms with Crippen LogP contribution in [0, 0.1) is 6.92 Å². The van der Waals surface area contributed by atoms with Crippen molar-refractivity contribution in [1.82, 2.24) is 14.8 Å².